The second kappa shape index (κ2) is 5.97. The lowest BCUT2D eigenvalue weighted by atomic mass is 10.1. The Kier molecular flexibility index (Phi) is 4.03. The molecule has 0 bridgehead atoms. The molecule has 5 heteroatoms. The normalized spacial score (nSPS) is 11.2. The summed E-state index contributed by atoms with van der Waals surface area (Å²) in [6, 6.07) is 9.85. The summed E-state index contributed by atoms with van der Waals surface area (Å²) in [5.41, 5.74) is 2.34. The molecule has 1 aromatic heterocycles. The van der Waals surface area contributed by atoms with Crippen LogP contribution in [0.5, 0.6) is 5.75 Å². The molecule has 0 aliphatic rings. The molecule has 0 saturated heterocycles. The first-order chi connectivity index (χ1) is 10.6. The minimum Gasteiger partial charge on any atom is -0.508 e. The lowest BCUT2D eigenvalue weighted by Crippen LogP contribution is -2.00. The van der Waals surface area contributed by atoms with Gasteiger partial charge in [0.25, 0.3) is 0 Å². The van der Waals surface area contributed by atoms with Crippen LogP contribution in [-0.2, 0) is 6.54 Å². The smallest absolute Gasteiger partial charge is 0.143 e. The first-order valence-electron chi connectivity index (χ1n) is 7.25. The van der Waals surface area contributed by atoms with Gasteiger partial charge in [-0.3, -0.25) is 4.68 Å². The maximum Gasteiger partial charge on any atom is 0.143 e. The fourth-order valence-corrected chi connectivity index (χ4v) is 2.64. The van der Waals surface area contributed by atoms with Crippen molar-refractivity contribution in [3.63, 3.8) is 0 Å². The van der Waals surface area contributed by atoms with Crippen LogP contribution in [0.4, 0.5) is 4.39 Å². The number of unbranched alkanes of at least 4 members (excludes halogenated alkanes) is 1. The van der Waals surface area contributed by atoms with E-state index in [2.05, 4.69) is 12.0 Å². The summed E-state index contributed by atoms with van der Waals surface area (Å²) >= 11 is 5.93. The molecule has 0 aliphatic heterocycles. The van der Waals surface area contributed by atoms with Crippen molar-refractivity contribution in [1.29, 1.82) is 0 Å². The second-order valence-electron chi connectivity index (χ2n) is 5.26. The molecule has 114 valence electrons. The molecule has 0 aliphatic carbocycles. The largest absolute Gasteiger partial charge is 0.508 e. The van der Waals surface area contributed by atoms with Gasteiger partial charge in [-0.2, -0.15) is 5.10 Å². The number of phenols is 1. The van der Waals surface area contributed by atoms with Crippen LogP contribution >= 0.6 is 11.6 Å². The number of hydrogen-bond acceptors (Lipinski definition) is 2. The molecule has 0 saturated carbocycles. The number of hydrogen-bond donors (Lipinski definition) is 1. The van der Waals surface area contributed by atoms with Gasteiger partial charge in [0.15, 0.2) is 0 Å². The summed E-state index contributed by atoms with van der Waals surface area (Å²) in [5.74, 6) is -0.244. The number of rotatable bonds is 4. The van der Waals surface area contributed by atoms with Crippen molar-refractivity contribution in [2.45, 2.75) is 26.3 Å². The SMILES string of the molecule is CCCCn1nc(-c2ccc(O)cc2)c2cc(Cl)c(F)cc21. The Morgan fingerprint density at radius 2 is 1.95 bits per heavy atom. The highest BCUT2D eigenvalue weighted by molar-refractivity contribution is 6.31. The van der Waals surface area contributed by atoms with E-state index < -0.39 is 5.82 Å². The van der Waals surface area contributed by atoms with Gasteiger partial charge < -0.3 is 5.11 Å². The van der Waals surface area contributed by atoms with Gasteiger partial charge in [-0.25, -0.2) is 4.39 Å². The van der Waals surface area contributed by atoms with Crippen LogP contribution in [0.15, 0.2) is 36.4 Å². The van der Waals surface area contributed by atoms with Crippen LogP contribution in [0.1, 0.15) is 19.8 Å². The first-order valence-corrected chi connectivity index (χ1v) is 7.63. The maximum absolute atomic E-state index is 13.8. The monoisotopic (exact) mass is 318 g/mol. The molecule has 0 spiro atoms. The minimum absolute atomic E-state index is 0.0857. The Bertz CT molecular complexity index is 812. The Labute approximate surface area is 133 Å². The third kappa shape index (κ3) is 2.66. The van der Waals surface area contributed by atoms with E-state index in [1.54, 1.807) is 30.3 Å². The molecule has 0 radical (unpaired) electrons. The van der Waals surface area contributed by atoms with Crippen molar-refractivity contribution >= 4 is 22.5 Å². The molecular weight excluding hydrogens is 303 g/mol. The molecule has 0 fully saturated rings. The van der Waals surface area contributed by atoms with Crippen LogP contribution in [0.25, 0.3) is 22.2 Å². The Morgan fingerprint density at radius 3 is 2.64 bits per heavy atom. The van der Waals surface area contributed by atoms with E-state index in [0.717, 1.165) is 41.5 Å². The summed E-state index contributed by atoms with van der Waals surface area (Å²) in [5, 5.41) is 14.9. The number of aromatic nitrogens is 2. The molecule has 1 heterocycles. The van der Waals surface area contributed by atoms with Crippen molar-refractivity contribution < 1.29 is 9.50 Å². The summed E-state index contributed by atoms with van der Waals surface area (Å²) in [4.78, 5) is 0. The van der Waals surface area contributed by atoms with Gasteiger partial charge in [-0.1, -0.05) is 24.9 Å². The molecule has 0 atom stereocenters. The van der Waals surface area contributed by atoms with Gasteiger partial charge in [0.2, 0.25) is 0 Å². The highest BCUT2D eigenvalue weighted by Crippen LogP contribution is 2.32. The van der Waals surface area contributed by atoms with Crippen molar-refractivity contribution in [3.8, 4) is 17.0 Å². The van der Waals surface area contributed by atoms with Gasteiger partial charge in [0, 0.05) is 23.6 Å². The van der Waals surface area contributed by atoms with E-state index in [1.807, 2.05) is 4.68 Å². The Hall–Kier alpha value is -2.07. The van der Waals surface area contributed by atoms with Crippen LogP contribution in [0, 0.1) is 5.82 Å². The van der Waals surface area contributed by atoms with E-state index in [9.17, 15) is 9.50 Å². The van der Waals surface area contributed by atoms with Crippen molar-refractivity contribution in [2.24, 2.45) is 0 Å². The minimum atomic E-state index is -0.441. The fraction of sp³-hybridized carbons (Fsp3) is 0.235. The van der Waals surface area contributed by atoms with Crippen molar-refractivity contribution in [2.75, 3.05) is 0 Å². The van der Waals surface area contributed by atoms with Gasteiger partial charge in [0.05, 0.1) is 10.5 Å². The average molecular weight is 319 g/mol. The summed E-state index contributed by atoms with van der Waals surface area (Å²) in [7, 11) is 0. The number of nitrogens with zero attached hydrogens (tertiary/aromatic N) is 2. The summed E-state index contributed by atoms with van der Waals surface area (Å²) < 4.78 is 15.6. The summed E-state index contributed by atoms with van der Waals surface area (Å²) in [6.45, 7) is 2.83. The van der Waals surface area contributed by atoms with Gasteiger partial charge >= 0.3 is 0 Å². The number of halogens is 2. The predicted octanol–water partition coefficient (Wildman–Crippen LogP) is 5.00. The molecule has 22 heavy (non-hydrogen) atoms. The highest BCUT2D eigenvalue weighted by Gasteiger charge is 2.15. The second-order valence-corrected chi connectivity index (χ2v) is 5.66. The number of aromatic hydroxyl groups is 1. The zero-order valence-corrected chi connectivity index (χ0v) is 12.9. The number of aryl methyl sites for hydroxylation is 1. The van der Waals surface area contributed by atoms with Crippen molar-refractivity contribution in [1.82, 2.24) is 9.78 Å². The van der Waals surface area contributed by atoms with Crippen molar-refractivity contribution in [3.05, 3.63) is 47.2 Å². The average Bonchev–Trinajstić information content (AvgIpc) is 2.84. The predicted molar refractivity (Wildman–Crippen MR) is 86.7 cm³/mol. The summed E-state index contributed by atoms with van der Waals surface area (Å²) in [6.07, 6.45) is 2.00. The molecule has 3 nitrogen and oxygen atoms in total. The Balaban J connectivity index is 2.20. The van der Waals surface area contributed by atoms with Gasteiger partial charge in [-0.15, -0.1) is 0 Å². The molecule has 3 aromatic rings. The van der Waals surface area contributed by atoms with Gasteiger partial charge in [-0.05, 0) is 36.8 Å². The highest BCUT2D eigenvalue weighted by atomic mass is 35.5. The molecule has 3 rings (SSSR count). The standard InChI is InChI=1S/C17H16ClFN2O/c1-2-3-8-21-16-10-15(19)14(18)9-13(16)17(20-21)11-4-6-12(22)7-5-11/h4-7,9-10,22H,2-3,8H2,1H3. The van der Waals surface area contributed by atoms with E-state index in [0.29, 0.717) is 0 Å². The lowest BCUT2D eigenvalue weighted by molar-refractivity contribution is 0.475. The lowest BCUT2D eigenvalue weighted by Gasteiger charge is -2.02. The fourth-order valence-electron chi connectivity index (χ4n) is 2.48. The molecule has 1 N–H and O–H groups in total. The molecule has 2 aromatic carbocycles. The zero-order chi connectivity index (χ0) is 15.7. The van der Waals surface area contributed by atoms with E-state index in [1.165, 1.54) is 6.07 Å². The van der Waals surface area contributed by atoms with Crippen LogP contribution in [0.3, 0.4) is 0 Å². The number of benzene rings is 2. The first kappa shape index (κ1) is 14.9. The van der Waals surface area contributed by atoms with Crippen LogP contribution in [0.2, 0.25) is 5.02 Å². The Morgan fingerprint density at radius 1 is 1.23 bits per heavy atom. The third-order valence-corrected chi connectivity index (χ3v) is 3.95. The van der Waals surface area contributed by atoms with Gasteiger partial charge in [0.1, 0.15) is 17.3 Å². The zero-order valence-electron chi connectivity index (χ0n) is 12.2. The number of fused-ring (bicyclic) bond motifs is 1. The van der Waals surface area contributed by atoms with E-state index in [-0.39, 0.29) is 10.8 Å². The topological polar surface area (TPSA) is 38.0 Å². The molecule has 0 unspecified atom stereocenters. The quantitative estimate of drug-likeness (QED) is 0.735. The third-order valence-electron chi connectivity index (χ3n) is 3.66. The van der Waals surface area contributed by atoms with E-state index in [4.69, 9.17) is 11.6 Å². The molecule has 0 amide bonds. The maximum atomic E-state index is 13.8. The van der Waals surface area contributed by atoms with Crippen LogP contribution in [-0.4, -0.2) is 14.9 Å². The van der Waals surface area contributed by atoms with E-state index >= 15 is 0 Å². The van der Waals surface area contributed by atoms with Crippen LogP contribution < -0.4 is 0 Å². The number of phenolic OH excluding ortho intramolecular Hbond substituents is 1. The molecular formula is C17H16ClFN2O.